The molecule has 0 radical (unpaired) electrons. The van der Waals surface area contributed by atoms with Crippen molar-refractivity contribution in [2.24, 2.45) is 0 Å². The topological polar surface area (TPSA) is 50.4 Å². The zero-order valence-corrected chi connectivity index (χ0v) is 8.70. The number of anilines is 1. The average molecular weight is 224 g/mol. The van der Waals surface area contributed by atoms with Crippen LogP contribution in [0.25, 0.3) is 0 Å². The summed E-state index contributed by atoms with van der Waals surface area (Å²) in [7, 11) is 0. The highest BCUT2D eigenvalue weighted by atomic mass is 19.1. The van der Waals surface area contributed by atoms with Gasteiger partial charge in [-0.25, -0.2) is 4.39 Å². The summed E-state index contributed by atoms with van der Waals surface area (Å²) in [5.41, 5.74) is 0.582. The second-order valence-corrected chi connectivity index (χ2v) is 3.58. The van der Waals surface area contributed by atoms with Gasteiger partial charge in [-0.15, -0.1) is 0 Å². The van der Waals surface area contributed by atoms with Gasteiger partial charge in [0.25, 0.3) is 0 Å². The van der Waals surface area contributed by atoms with E-state index < -0.39 is 0 Å². The molecule has 86 valence electrons. The molecule has 2 rings (SSSR count). The van der Waals surface area contributed by atoms with Crippen LogP contribution < -0.4 is 10.6 Å². The molecule has 2 N–H and O–H groups in total. The van der Waals surface area contributed by atoms with Gasteiger partial charge in [0.2, 0.25) is 5.91 Å². The molecule has 1 aliphatic rings. The number of amides is 1. The molecule has 0 spiro atoms. The van der Waals surface area contributed by atoms with Crippen LogP contribution in [0.3, 0.4) is 0 Å². The minimum atomic E-state index is -0.334. The van der Waals surface area contributed by atoms with Crippen LogP contribution in [0, 0.1) is 5.82 Å². The third-order valence-corrected chi connectivity index (χ3v) is 2.35. The Kier molecular flexibility index (Phi) is 3.48. The fraction of sp³-hybridized carbons (Fsp3) is 0.364. The van der Waals surface area contributed by atoms with Gasteiger partial charge in [-0.05, 0) is 24.3 Å². The van der Waals surface area contributed by atoms with E-state index in [0.29, 0.717) is 25.4 Å². The summed E-state index contributed by atoms with van der Waals surface area (Å²) in [6.45, 7) is 1.66. The maximum atomic E-state index is 12.6. The van der Waals surface area contributed by atoms with Crippen molar-refractivity contribution < 1.29 is 13.9 Å². The van der Waals surface area contributed by atoms with Crippen LogP contribution in [-0.2, 0) is 9.53 Å². The SMILES string of the molecule is O=C(Nc1ccc(F)cc1)C1COCCN1. The van der Waals surface area contributed by atoms with Crippen molar-refractivity contribution >= 4 is 11.6 Å². The van der Waals surface area contributed by atoms with Crippen molar-refractivity contribution in [1.29, 1.82) is 0 Å². The van der Waals surface area contributed by atoms with Crippen molar-refractivity contribution in [3.8, 4) is 0 Å². The highest BCUT2D eigenvalue weighted by Crippen LogP contribution is 2.09. The number of benzene rings is 1. The largest absolute Gasteiger partial charge is 0.378 e. The van der Waals surface area contributed by atoms with Gasteiger partial charge in [-0.1, -0.05) is 0 Å². The lowest BCUT2D eigenvalue weighted by Gasteiger charge is -2.22. The lowest BCUT2D eigenvalue weighted by Crippen LogP contribution is -2.48. The van der Waals surface area contributed by atoms with E-state index in [-0.39, 0.29) is 17.8 Å². The fourth-order valence-electron chi connectivity index (χ4n) is 1.50. The number of carbonyl (C=O) groups is 1. The van der Waals surface area contributed by atoms with Crippen molar-refractivity contribution in [2.75, 3.05) is 25.1 Å². The Morgan fingerprint density at radius 2 is 2.19 bits per heavy atom. The lowest BCUT2D eigenvalue weighted by atomic mass is 10.2. The standard InChI is InChI=1S/C11H13FN2O2/c12-8-1-3-9(4-2-8)14-11(15)10-7-16-6-5-13-10/h1-4,10,13H,5-7H2,(H,14,15). The van der Waals surface area contributed by atoms with E-state index in [4.69, 9.17) is 4.74 Å². The predicted octanol–water partition coefficient (Wildman–Crippen LogP) is 0.753. The van der Waals surface area contributed by atoms with E-state index in [9.17, 15) is 9.18 Å². The lowest BCUT2D eigenvalue weighted by molar-refractivity contribution is -0.120. The zero-order chi connectivity index (χ0) is 11.4. The summed E-state index contributed by atoms with van der Waals surface area (Å²) in [5, 5.41) is 5.73. The van der Waals surface area contributed by atoms with Gasteiger partial charge >= 0.3 is 0 Å². The predicted molar refractivity (Wildman–Crippen MR) is 57.6 cm³/mol. The Bertz CT molecular complexity index is 361. The number of nitrogens with one attached hydrogen (secondary N) is 2. The van der Waals surface area contributed by atoms with Crippen molar-refractivity contribution in [3.63, 3.8) is 0 Å². The van der Waals surface area contributed by atoms with E-state index >= 15 is 0 Å². The first kappa shape index (κ1) is 11.0. The van der Waals surface area contributed by atoms with Crippen LogP contribution in [0.4, 0.5) is 10.1 Å². The van der Waals surface area contributed by atoms with Crippen molar-refractivity contribution in [3.05, 3.63) is 30.1 Å². The van der Waals surface area contributed by atoms with Gasteiger partial charge in [0, 0.05) is 12.2 Å². The number of hydrogen-bond acceptors (Lipinski definition) is 3. The van der Waals surface area contributed by atoms with E-state index in [1.807, 2.05) is 0 Å². The Morgan fingerprint density at radius 1 is 1.44 bits per heavy atom. The normalized spacial score (nSPS) is 20.4. The number of morpholine rings is 1. The molecule has 1 unspecified atom stereocenters. The summed E-state index contributed by atoms with van der Waals surface area (Å²) in [4.78, 5) is 11.7. The second-order valence-electron chi connectivity index (χ2n) is 3.58. The van der Waals surface area contributed by atoms with Crippen LogP contribution in [0.2, 0.25) is 0 Å². The molecule has 1 saturated heterocycles. The summed E-state index contributed by atoms with van der Waals surface area (Å²) in [6.07, 6.45) is 0. The molecule has 5 heteroatoms. The quantitative estimate of drug-likeness (QED) is 0.779. The van der Waals surface area contributed by atoms with Gasteiger partial charge in [0.05, 0.1) is 13.2 Å². The van der Waals surface area contributed by atoms with Gasteiger partial charge < -0.3 is 15.4 Å². The molecule has 0 saturated carbocycles. The summed E-state index contributed by atoms with van der Waals surface area (Å²) >= 11 is 0. The molecule has 1 aromatic carbocycles. The molecule has 1 aromatic rings. The molecule has 1 aliphatic heterocycles. The second kappa shape index (κ2) is 5.05. The molecule has 1 amide bonds. The summed E-state index contributed by atoms with van der Waals surface area (Å²) in [6, 6.07) is 5.33. The first-order valence-corrected chi connectivity index (χ1v) is 5.13. The smallest absolute Gasteiger partial charge is 0.243 e. The first-order chi connectivity index (χ1) is 7.75. The minimum absolute atomic E-state index is 0.161. The fourth-order valence-corrected chi connectivity index (χ4v) is 1.50. The third-order valence-electron chi connectivity index (χ3n) is 2.35. The zero-order valence-electron chi connectivity index (χ0n) is 8.70. The Labute approximate surface area is 92.8 Å². The number of rotatable bonds is 2. The number of carbonyl (C=O) groups excluding carboxylic acids is 1. The number of ether oxygens (including phenoxy) is 1. The average Bonchev–Trinajstić information content (AvgIpc) is 2.33. The molecule has 0 bridgehead atoms. The molecule has 1 heterocycles. The summed E-state index contributed by atoms with van der Waals surface area (Å²) < 4.78 is 17.8. The number of halogens is 1. The van der Waals surface area contributed by atoms with Gasteiger partial charge in [0.15, 0.2) is 0 Å². The molecule has 1 atom stereocenters. The van der Waals surface area contributed by atoms with Crippen LogP contribution in [0.1, 0.15) is 0 Å². The maximum Gasteiger partial charge on any atom is 0.243 e. The molecular formula is C11H13FN2O2. The molecular weight excluding hydrogens is 211 g/mol. The van der Waals surface area contributed by atoms with Gasteiger partial charge in [-0.3, -0.25) is 4.79 Å². The minimum Gasteiger partial charge on any atom is -0.378 e. The van der Waals surface area contributed by atoms with Crippen LogP contribution >= 0.6 is 0 Å². The first-order valence-electron chi connectivity index (χ1n) is 5.13. The van der Waals surface area contributed by atoms with E-state index in [0.717, 1.165) is 0 Å². The molecule has 0 aliphatic carbocycles. The maximum absolute atomic E-state index is 12.6. The Balaban J connectivity index is 1.93. The molecule has 4 nitrogen and oxygen atoms in total. The highest BCUT2D eigenvalue weighted by Gasteiger charge is 2.20. The van der Waals surface area contributed by atoms with Gasteiger partial charge in [-0.2, -0.15) is 0 Å². The van der Waals surface area contributed by atoms with Crippen LogP contribution in [0.15, 0.2) is 24.3 Å². The van der Waals surface area contributed by atoms with E-state index in [1.165, 1.54) is 24.3 Å². The van der Waals surface area contributed by atoms with Crippen molar-refractivity contribution in [2.45, 2.75) is 6.04 Å². The Morgan fingerprint density at radius 3 is 2.81 bits per heavy atom. The van der Waals surface area contributed by atoms with Gasteiger partial charge in [0.1, 0.15) is 11.9 Å². The number of hydrogen-bond donors (Lipinski definition) is 2. The highest BCUT2D eigenvalue weighted by molar-refractivity contribution is 5.94. The van der Waals surface area contributed by atoms with E-state index in [1.54, 1.807) is 0 Å². The molecule has 0 aromatic heterocycles. The van der Waals surface area contributed by atoms with Crippen molar-refractivity contribution in [1.82, 2.24) is 5.32 Å². The molecule has 1 fully saturated rings. The van der Waals surface area contributed by atoms with E-state index in [2.05, 4.69) is 10.6 Å². The molecule has 16 heavy (non-hydrogen) atoms. The monoisotopic (exact) mass is 224 g/mol. The summed E-state index contributed by atoms with van der Waals surface area (Å²) in [5.74, 6) is -0.483. The third kappa shape index (κ3) is 2.77. The van der Waals surface area contributed by atoms with Crippen LogP contribution in [0.5, 0.6) is 0 Å². The van der Waals surface area contributed by atoms with Crippen LogP contribution in [-0.4, -0.2) is 31.7 Å². The Hall–Kier alpha value is -1.46.